The summed E-state index contributed by atoms with van der Waals surface area (Å²) in [4.78, 5) is 0. The molecule has 0 spiro atoms. The molecule has 0 aliphatic heterocycles. The molecule has 0 fully saturated rings. The van der Waals surface area contributed by atoms with E-state index in [1.54, 1.807) is 31.4 Å². The Morgan fingerprint density at radius 2 is 2.23 bits per heavy atom. The van der Waals surface area contributed by atoms with Gasteiger partial charge >= 0.3 is 0 Å². The van der Waals surface area contributed by atoms with Crippen molar-refractivity contribution >= 4 is 11.6 Å². The van der Waals surface area contributed by atoms with E-state index in [0.29, 0.717) is 23.1 Å². The third kappa shape index (κ3) is 2.67. The molecule has 0 saturated heterocycles. The lowest BCUT2D eigenvalue weighted by Crippen LogP contribution is -1.95. The number of rotatable bonds is 4. The molecule has 0 amide bonds. The van der Waals surface area contributed by atoms with Crippen LogP contribution in [-0.2, 0) is 0 Å². The summed E-state index contributed by atoms with van der Waals surface area (Å²) in [6.45, 7) is 4.01. The van der Waals surface area contributed by atoms with Crippen LogP contribution in [0.2, 0.25) is 5.02 Å². The van der Waals surface area contributed by atoms with E-state index in [-0.39, 0.29) is 0 Å². The highest BCUT2D eigenvalue weighted by molar-refractivity contribution is 6.30. The van der Waals surface area contributed by atoms with Gasteiger partial charge in [-0.25, -0.2) is 0 Å². The van der Waals surface area contributed by atoms with Gasteiger partial charge in [-0.15, -0.1) is 0 Å². The molecule has 13 heavy (non-hydrogen) atoms. The van der Waals surface area contributed by atoms with E-state index in [0.717, 1.165) is 0 Å². The highest BCUT2D eigenvalue weighted by atomic mass is 35.5. The van der Waals surface area contributed by atoms with Crippen molar-refractivity contribution in [3.8, 4) is 11.5 Å². The van der Waals surface area contributed by atoms with E-state index in [4.69, 9.17) is 21.1 Å². The molecule has 0 radical (unpaired) electrons. The molecule has 0 aliphatic carbocycles. The van der Waals surface area contributed by atoms with Crippen molar-refractivity contribution in [2.45, 2.75) is 0 Å². The van der Waals surface area contributed by atoms with Gasteiger partial charge in [0.15, 0.2) is 11.5 Å². The second kappa shape index (κ2) is 4.77. The van der Waals surface area contributed by atoms with Crippen LogP contribution in [-0.4, -0.2) is 13.7 Å². The largest absolute Gasteiger partial charge is 0.493 e. The molecule has 3 heteroatoms. The number of ether oxygens (including phenoxy) is 2. The Balaban J connectivity index is 2.85. The summed E-state index contributed by atoms with van der Waals surface area (Å²) in [6.07, 6.45) is 1.67. The molecule has 0 atom stereocenters. The van der Waals surface area contributed by atoms with Gasteiger partial charge in [-0.05, 0) is 12.1 Å². The van der Waals surface area contributed by atoms with E-state index >= 15 is 0 Å². The lowest BCUT2D eigenvalue weighted by Gasteiger charge is -2.08. The molecule has 0 bridgehead atoms. The monoisotopic (exact) mass is 198 g/mol. The van der Waals surface area contributed by atoms with Crippen molar-refractivity contribution in [2.24, 2.45) is 0 Å². The van der Waals surface area contributed by atoms with Crippen LogP contribution in [0, 0.1) is 0 Å². The fourth-order valence-electron chi connectivity index (χ4n) is 0.909. The fourth-order valence-corrected chi connectivity index (χ4v) is 1.07. The number of hydrogen-bond donors (Lipinski definition) is 0. The second-order valence-electron chi connectivity index (χ2n) is 2.39. The molecular weight excluding hydrogens is 188 g/mol. The van der Waals surface area contributed by atoms with Gasteiger partial charge in [-0.2, -0.15) is 0 Å². The van der Waals surface area contributed by atoms with Crippen molar-refractivity contribution in [3.63, 3.8) is 0 Å². The first kappa shape index (κ1) is 9.93. The van der Waals surface area contributed by atoms with Crippen molar-refractivity contribution in [1.82, 2.24) is 0 Å². The first-order valence-electron chi connectivity index (χ1n) is 3.85. The van der Waals surface area contributed by atoms with Gasteiger partial charge in [0.2, 0.25) is 0 Å². The molecule has 0 heterocycles. The van der Waals surface area contributed by atoms with Gasteiger partial charge in [-0.3, -0.25) is 0 Å². The molecular formula is C10H11ClO2. The summed E-state index contributed by atoms with van der Waals surface area (Å²) in [5.41, 5.74) is 0. The SMILES string of the molecule is C=CCOc1ccc(Cl)cc1OC. The zero-order chi connectivity index (χ0) is 9.68. The van der Waals surface area contributed by atoms with Crippen LogP contribution in [0.4, 0.5) is 0 Å². The average Bonchev–Trinajstić information content (AvgIpc) is 2.16. The summed E-state index contributed by atoms with van der Waals surface area (Å²) in [6, 6.07) is 5.23. The second-order valence-corrected chi connectivity index (χ2v) is 2.83. The molecule has 0 unspecified atom stereocenters. The number of hydrogen-bond acceptors (Lipinski definition) is 2. The van der Waals surface area contributed by atoms with E-state index in [2.05, 4.69) is 6.58 Å². The van der Waals surface area contributed by atoms with Crippen LogP contribution in [0.15, 0.2) is 30.9 Å². The topological polar surface area (TPSA) is 18.5 Å². The van der Waals surface area contributed by atoms with Gasteiger partial charge in [0, 0.05) is 11.1 Å². The highest BCUT2D eigenvalue weighted by Gasteiger charge is 2.03. The average molecular weight is 199 g/mol. The Morgan fingerprint density at radius 3 is 2.85 bits per heavy atom. The maximum Gasteiger partial charge on any atom is 0.162 e. The third-order valence-corrected chi connectivity index (χ3v) is 1.72. The quantitative estimate of drug-likeness (QED) is 0.693. The summed E-state index contributed by atoms with van der Waals surface area (Å²) in [5, 5.41) is 0.628. The third-order valence-electron chi connectivity index (χ3n) is 1.48. The van der Waals surface area contributed by atoms with Crippen LogP contribution in [0.25, 0.3) is 0 Å². The first-order valence-corrected chi connectivity index (χ1v) is 4.23. The van der Waals surface area contributed by atoms with Gasteiger partial charge in [0.1, 0.15) is 6.61 Å². The molecule has 1 aromatic carbocycles. The Labute approximate surface area is 82.7 Å². The summed E-state index contributed by atoms with van der Waals surface area (Å²) < 4.78 is 10.4. The summed E-state index contributed by atoms with van der Waals surface area (Å²) in [5.74, 6) is 1.31. The molecule has 1 aromatic rings. The number of benzene rings is 1. The Kier molecular flexibility index (Phi) is 3.65. The van der Waals surface area contributed by atoms with Gasteiger partial charge in [0.05, 0.1) is 7.11 Å². The molecule has 2 nitrogen and oxygen atoms in total. The summed E-state index contributed by atoms with van der Waals surface area (Å²) >= 11 is 5.77. The standard InChI is InChI=1S/C10H11ClO2/c1-3-6-13-9-5-4-8(11)7-10(9)12-2/h3-5,7H,1,6H2,2H3. The smallest absolute Gasteiger partial charge is 0.162 e. The van der Waals surface area contributed by atoms with Crippen molar-refractivity contribution in [1.29, 1.82) is 0 Å². The van der Waals surface area contributed by atoms with Crippen LogP contribution < -0.4 is 9.47 Å². The predicted molar refractivity (Wildman–Crippen MR) is 53.7 cm³/mol. The summed E-state index contributed by atoms with van der Waals surface area (Å²) in [7, 11) is 1.58. The molecule has 1 rings (SSSR count). The van der Waals surface area contributed by atoms with Crippen molar-refractivity contribution in [2.75, 3.05) is 13.7 Å². The van der Waals surface area contributed by atoms with Crippen LogP contribution >= 0.6 is 11.6 Å². The van der Waals surface area contributed by atoms with Crippen LogP contribution in [0.3, 0.4) is 0 Å². The molecule has 0 aliphatic rings. The first-order chi connectivity index (χ1) is 6.27. The zero-order valence-electron chi connectivity index (χ0n) is 7.42. The molecule has 0 aromatic heterocycles. The van der Waals surface area contributed by atoms with Crippen molar-refractivity contribution in [3.05, 3.63) is 35.9 Å². The minimum atomic E-state index is 0.456. The number of methoxy groups -OCH3 is 1. The normalized spacial score (nSPS) is 9.38. The van der Waals surface area contributed by atoms with E-state index in [1.165, 1.54) is 0 Å². The predicted octanol–water partition coefficient (Wildman–Crippen LogP) is 2.91. The number of halogens is 1. The minimum Gasteiger partial charge on any atom is -0.493 e. The molecule has 70 valence electrons. The lowest BCUT2D eigenvalue weighted by molar-refractivity contribution is 0.326. The molecule has 0 N–H and O–H groups in total. The van der Waals surface area contributed by atoms with Gasteiger partial charge in [-0.1, -0.05) is 24.3 Å². The Bertz CT molecular complexity index is 297. The highest BCUT2D eigenvalue weighted by Crippen LogP contribution is 2.29. The Morgan fingerprint density at radius 1 is 1.46 bits per heavy atom. The molecule has 0 saturated carbocycles. The Hall–Kier alpha value is -1.15. The maximum atomic E-state index is 5.77. The van der Waals surface area contributed by atoms with E-state index < -0.39 is 0 Å². The van der Waals surface area contributed by atoms with E-state index in [1.807, 2.05) is 0 Å². The van der Waals surface area contributed by atoms with Crippen LogP contribution in [0.5, 0.6) is 11.5 Å². The minimum absolute atomic E-state index is 0.456. The lowest BCUT2D eigenvalue weighted by atomic mass is 10.3. The van der Waals surface area contributed by atoms with Gasteiger partial charge in [0.25, 0.3) is 0 Å². The fraction of sp³-hybridized carbons (Fsp3) is 0.200. The van der Waals surface area contributed by atoms with Gasteiger partial charge < -0.3 is 9.47 Å². The zero-order valence-corrected chi connectivity index (χ0v) is 8.17. The van der Waals surface area contributed by atoms with Crippen LogP contribution in [0.1, 0.15) is 0 Å². The van der Waals surface area contributed by atoms with E-state index in [9.17, 15) is 0 Å². The van der Waals surface area contributed by atoms with Crippen molar-refractivity contribution < 1.29 is 9.47 Å². The maximum absolute atomic E-state index is 5.77.